The second kappa shape index (κ2) is 3.87. The lowest BCUT2D eigenvalue weighted by atomic mass is 10.00. The Labute approximate surface area is 67.4 Å². The molecule has 1 aliphatic rings. The van der Waals surface area contributed by atoms with Gasteiger partial charge in [0.2, 0.25) is 0 Å². The Hall–Kier alpha value is -0.170. The number of hydrogen-bond acceptors (Lipinski definition) is 1. The minimum Gasteiger partial charge on any atom is -0.158 e. The quantitative estimate of drug-likeness (QED) is 0.561. The number of rotatable bonds is 4. The van der Waals surface area contributed by atoms with Gasteiger partial charge in [-0.3, -0.25) is 0 Å². The zero-order chi connectivity index (χ0) is 7.40. The molecule has 0 aromatic heterocycles. The van der Waals surface area contributed by atoms with Gasteiger partial charge >= 0.3 is 0 Å². The van der Waals surface area contributed by atoms with Crippen LogP contribution in [0.5, 0.6) is 0 Å². The van der Waals surface area contributed by atoms with Crippen molar-refractivity contribution in [2.45, 2.75) is 18.1 Å². The third-order valence-electron chi connectivity index (χ3n) is 1.92. The van der Waals surface area contributed by atoms with E-state index in [2.05, 4.69) is 24.9 Å². The van der Waals surface area contributed by atoms with E-state index >= 15 is 0 Å². The standard InChI is InChI=1S/C9H14S/c1-3-5-8-7-10-9(8)6-4-2/h3-4,8-9H,1-2,5-7H2. The number of hydrogen-bond donors (Lipinski definition) is 0. The van der Waals surface area contributed by atoms with Crippen molar-refractivity contribution in [1.29, 1.82) is 0 Å². The maximum Gasteiger partial charge on any atom is 0.0121 e. The van der Waals surface area contributed by atoms with E-state index < -0.39 is 0 Å². The summed E-state index contributed by atoms with van der Waals surface area (Å²) in [6.45, 7) is 7.48. The molecular weight excluding hydrogens is 140 g/mol. The minimum absolute atomic E-state index is 0.843. The summed E-state index contributed by atoms with van der Waals surface area (Å²) in [5.41, 5.74) is 0. The molecule has 1 aliphatic heterocycles. The van der Waals surface area contributed by atoms with Crippen LogP contribution in [0.2, 0.25) is 0 Å². The highest BCUT2D eigenvalue weighted by molar-refractivity contribution is 8.01. The van der Waals surface area contributed by atoms with Crippen LogP contribution in [0.3, 0.4) is 0 Å². The Morgan fingerprint density at radius 3 is 2.40 bits per heavy atom. The number of allylic oxidation sites excluding steroid dienone is 2. The third-order valence-corrected chi connectivity index (χ3v) is 3.54. The molecule has 0 bridgehead atoms. The van der Waals surface area contributed by atoms with Gasteiger partial charge in [0.15, 0.2) is 0 Å². The average Bonchev–Trinajstić information content (AvgIpc) is 1.93. The zero-order valence-corrected chi connectivity index (χ0v) is 7.07. The molecule has 0 aromatic carbocycles. The maximum atomic E-state index is 3.74. The van der Waals surface area contributed by atoms with E-state index in [1.54, 1.807) is 0 Å². The molecule has 1 heterocycles. The second-order valence-corrected chi connectivity index (χ2v) is 3.95. The largest absolute Gasteiger partial charge is 0.158 e. The van der Waals surface area contributed by atoms with Crippen molar-refractivity contribution in [2.75, 3.05) is 5.75 Å². The fourth-order valence-corrected chi connectivity index (χ4v) is 2.48. The summed E-state index contributed by atoms with van der Waals surface area (Å²) >= 11 is 2.06. The van der Waals surface area contributed by atoms with Crippen LogP contribution < -0.4 is 0 Å². The smallest absolute Gasteiger partial charge is 0.0121 e. The van der Waals surface area contributed by atoms with Crippen molar-refractivity contribution in [2.24, 2.45) is 5.92 Å². The lowest BCUT2D eigenvalue weighted by molar-refractivity contribution is 0.534. The fraction of sp³-hybridized carbons (Fsp3) is 0.556. The first-order valence-corrected chi connectivity index (χ1v) is 4.76. The molecule has 1 heteroatoms. The Morgan fingerprint density at radius 1 is 1.30 bits per heavy atom. The predicted molar refractivity (Wildman–Crippen MR) is 49.4 cm³/mol. The van der Waals surface area contributed by atoms with E-state index in [1.165, 1.54) is 18.6 Å². The zero-order valence-electron chi connectivity index (χ0n) is 6.25. The van der Waals surface area contributed by atoms with Crippen molar-refractivity contribution in [1.82, 2.24) is 0 Å². The predicted octanol–water partition coefficient (Wildman–Crippen LogP) is 2.87. The Bertz CT molecular complexity index is 113. The van der Waals surface area contributed by atoms with E-state index in [1.807, 2.05) is 12.2 Å². The van der Waals surface area contributed by atoms with Gasteiger partial charge in [0.05, 0.1) is 0 Å². The summed E-state index contributed by atoms with van der Waals surface area (Å²) in [4.78, 5) is 0. The molecule has 0 saturated carbocycles. The minimum atomic E-state index is 0.843. The molecule has 2 unspecified atom stereocenters. The molecule has 1 rings (SSSR count). The van der Waals surface area contributed by atoms with Gasteiger partial charge in [0, 0.05) is 5.25 Å². The van der Waals surface area contributed by atoms with Crippen LogP contribution in [0.25, 0.3) is 0 Å². The SMILES string of the molecule is C=CCC1CSC1CC=C. The molecule has 1 saturated heterocycles. The van der Waals surface area contributed by atoms with Crippen molar-refractivity contribution in [3.63, 3.8) is 0 Å². The molecule has 0 radical (unpaired) electrons. The van der Waals surface area contributed by atoms with Crippen molar-refractivity contribution < 1.29 is 0 Å². The summed E-state index contributed by atoms with van der Waals surface area (Å²) in [7, 11) is 0. The third kappa shape index (κ3) is 1.66. The summed E-state index contributed by atoms with van der Waals surface area (Å²) in [5.74, 6) is 2.21. The molecule has 2 atom stereocenters. The molecule has 0 nitrogen and oxygen atoms in total. The van der Waals surface area contributed by atoms with Crippen LogP contribution in [0.1, 0.15) is 12.8 Å². The van der Waals surface area contributed by atoms with E-state index in [0.29, 0.717) is 0 Å². The molecular formula is C9H14S. The van der Waals surface area contributed by atoms with Crippen LogP contribution in [-0.2, 0) is 0 Å². The van der Waals surface area contributed by atoms with Crippen LogP contribution in [0.4, 0.5) is 0 Å². The Morgan fingerprint density at radius 2 is 2.00 bits per heavy atom. The number of thioether (sulfide) groups is 1. The Kier molecular flexibility index (Phi) is 3.07. The summed E-state index contributed by atoms with van der Waals surface area (Å²) in [5, 5.41) is 0.843. The highest BCUT2D eigenvalue weighted by Gasteiger charge is 2.28. The van der Waals surface area contributed by atoms with Gasteiger partial charge in [-0.1, -0.05) is 12.2 Å². The van der Waals surface area contributed by atoms with E-state index in [4.69, 9.17) is 0 Å². The molecule has 0 aromatic rings. The van der Waals surface area contributed by atoms with Crippen LogP contribution in [0.15, 0.2) is 25.3 Å². The molecule has 0 spiro atoms. The molecule has 0 amide bonds. The Balaban J connectivity index is 2.21. The average molecular weight is 154 g/mol. The molecule has 0 aliphatic carbocycles. The van der Waals surface area contributed by atoms with Gasteiger partial charge in [-0.05, 0) is 24.5 Å². The molecule has 10 heavy (non-hydrogen) atoms. The highest BCUT2D eigenvalue weighted by atomic mass is 32.2. The lowest BCUT2D eigenvalue weighted by Crippen LogP contribution is -2.29. The summed E-state index contributed by atoms with van der Waals surface area (Å²) in [6.07, 6.45) is 6.40. The second-order valence-electron chi connectivity index (χ2n) is 2.68. The van der Waals surface area contributed by atoms with E-state index in [9.17, 15) is 0 Å². The van der Waals surface area contributed by atoms with Gasteiger partial charge in [-0.25, -0.2) is 0 Å². The van der Waals surface area contributed by atoms with Gasteiger partial charge in [-0.2, -0.15) is 11.8 Å². The summed E-state index contributed by atoms with van der Waals surface area (Å²) < 4.78 is 0. The lowest BCUT2D eigenvalue weighted by Gasteiger charge is -2.34. The van der Waals surface area contributed by atoms with Crippen LogP contribution in [0, 0.1) is 5.92 Å². The summed E-state index contributed by atoms with van der Waals surface area (Å²) in [6, 6.07) is 0. The topological polar surface area (TPSA) is 0 Å². The van der Waals surface area contributed by atoms with E-state index in [-0.39, 0.29) is 0 Å². The van der Waals surface area contributed by atoms with Crippen molar-refractivity contribution >= 4 is 11.8 Å². The van der Waals surface area contributed by atoms with E-state index in [0.717, 1.165) is 11.2 Å². The normalized spacial score (nSPS) is 30.8. The van der Waals surface area contributed by atoms with Gasteiger partial charge in [0.25, 0.3) is 0 Å². The van der Waals surface area contributed by atoms with Crippen LogP contribution >= 0.6 is 11.8 Å². The van der Waals surface area contributed by atoms with Crippen LogP contribution in [-0.4, -0.2) is 11.0 Å². The van der Waals surface area contributed by atoms with Crippen molar-refractivity contribution in [3.8, 4) is 0 Å². The molecule has 1 fully saturated rings. The van der Waals surface area contributed by atoms with Crippen molar-refractivity contribution in [3.05, 3.63) is 25.3 Å². The fourth-order valence-electron chi connectivity index (χ4n) is 1.23. The highest BCUT2D eigenvalue weighted by Crippen LogP contribution is 2.39. The molecule has 0 N–H and O–H groups in total. The first kappa shape index (κ1) is 7.93. The van der Waals surface area contributed by atoms with Gasteiger partial charge < -0.3 is 0 Å². The first-order chi connectivity index (χ1) is 4.88. The maximum absolute atomic E-state index is 3.74. The van der Waals surface area contributed by atoms with Gasteiger partial charge in [-0.15, -0.1) is 13.2 Å². The van der Waals surface area contributed by atoms with Gasteiger partial charge in [0.1, 0.15) is 0 Å². The first-order valence-electron chi connectivity index (χ1n) is 3.72. The monoisotopic (exact) mass is 154 g/mol. The molecule has 56 valence electrons.